The Hall–Kier alpha value is -1.94. The molecule has 0 aliphatic rings. The van der Waals surface area contributed by atoms with Gasteiger partial charge in [0.05, 0.1) is 10.2 Å². The van der Waals surface area contributed by atoms with Gasteiger partial charge < -0.3 is 5.73 Å². The minimum atomic E-state index is 0.793. The molecule has 0 aliphatic heterocycles. The van der Waals surface area contributed by atoms with E-state index in [1.807, 2.05) is 24.4 Å². The largest absolute Gasteiger partial charge is 0.399 e. The highest BCUT2D eigenvalue weighted by molar-refractivity contribution is 7.21. The maximum atomic E-state index is 5.93. The van der Waals surface area contributed by atoms with E-state index in [0.717, 1.165) is 32.9 Å². The number of pyridine rings is 1. The Morgan fingerprint density at radius 3 is 2.94 bits per heavy atom. The van der Waals surface area contributed by atoms with E-state index in [2.05, 4.69) is 23.0 Å². The topological polar surface area (TPSA) is 51.8 Å². The number of anilines is 1. The van der Waals surface area contributed by atoms with Crippen LogP contribution in [0, 0.1) is 0 Å². The number of nitrogens with zero attached hydrogens (tertiary/aromatic N) is 2. The number of fused-ring (bicyclic) bond motifs is 1. The smallest absolute Gasteiger partial charge is 0.124 e. The lowest BCUT2D eigenvalue weighted by molar-refractivity contribution is 1.14. The summed E-state index contributed by atoms with van der Waals surface area (Å²) in [4.78, 5) is 8.74. The molecular weight excluding hydrogens is 242 g/mol. The second kappa shape index (κ2) is 4.38. The van der Waals surface area contributed by atoms with Gasteiger partial charge in [-0.15, -0.1) is 11.3 Å². The zero-order chi connectivity index (χ0) is 12.5. The molecule has 2 heterocycles. The van der Waals surface area contributed by atoms with Crippen molar-refractivity contribution in [1.29, 1.82) is 0 Å². The molecule has 0 atom stereocenters. The minimum Gasteiger partial charge on any atom is -0.399 e. The molecule has 0 amide bonds. The van der Waals surface area contributed by atoms with E-state index in [1.165, 1.54) is 5.56 Å². The fourth-order valence-corrected chi connectivity index (χ4v) is 2.87. The van der Waals surface area contributed by atoms with Crippen LogP contribution in [0.25, 0.3) is 20.8 Å². The Morgan fingerprint density at radius 1 is 1.28 bits per heavy atom. The van der Waals surface area contributed by atoms with Gasteiger partial charge in [0.2, 0.25) is 0 Å². The molecule has 3 rings (SSSR count). The fourth-order valence-electron chi connectivity index (χ4n) is 1.95. The molecule has 4 heteroatoms. The summed E-state index contributed by atoms with van der Waals surface area (Å²) < 4.78 is 1.10. The van der Waals surface area contributed by atoms with Crippen molar-refractivity contribution in [2.24, 2.45) is 0 Å². The van der Waals surface area contributed by atoms with Gasteiger partial charge in [-0.05, 0) is 36.2 Å². The lowest BCUT2D eigenvalue weighted by Gasteiger charge is -2.03. The molecule has 0 unspecified atom stereocenters. The minimum absolute atomic E-state index is 0.793. The summed E-state index contributed by atoms with van der Waals surface area (Å²) in [6, 6.07) is 8.08. The van der Waals surface area contributed by atoms with Gasteiger partial charge in [-0.3, -0.25) is 4.98 Å². The Bertz CT molecular complexity index is 670. The van der Waals surface area contributed by atoms with Crippen LogP contribution in [0.4, 0.5) is 5.69 Å². The van der Waals surface area contributed by atoms with E-state index in [1.54, 1.807) is 17.5 Å². The molecule has 0 saturated carbocycles. The molecule has 3 nitrogen and oxygen atoms in total. The van der Waals surface area contributed by atoms with Crippen LogP contribution in [-0.2, 0) is 6.42 Å². The molecule has 90 valence electrons. The lowest BCUT2D eigenvalue weighted by Crippen LogP contribution is -1.89. The maximum absolute atomic E-state index is 5.93. The number of thiazole rings is 1. The number of nitrogens with two attached hydrogens (primary N) is 1. The van der Waals surface area contributed by atoms with E-state index in [9.17, 15) is 0 Å². The van der Waals surface area contributed by atoms with Gasteiger partial charge in [0, 0.05) is 23.6 Å². The zero-order valence-corrected chi connectivity index (χ0v) is 10.9. The summed E-state index contributed by atoms with van der Waals surface area (Å²) in [5, 5.41) is 1.00. The first kappa shape index (κ1) is 11.2. The van der Waals surface area contributed by atoms with Crippen molar-refractivity contribution < 1.29 is 0 Å². The van der Waals surface area contributed by atoms with Crippen LogP contribution < -0.4 is 5.73 Å². The molecule has 0 aliphatic carbocycles. The van der Waals surface area contributed by atoms with Gasteiger partial charge in [0.1, 0.15) is 5.01 Å². The van der Waals surface area contributed by atoms with Gasteiger partial charge in [0.15, 0.2) is 0 Å². The lowest BCUT2D eigenvalue weighted by atomic mass is 10.1. The normalized spacial score (nSPS) is 10.9. The molecule has 0 saturated heterocycles. The van der Waals surface area contributed by atoms with Crippen LogP contribution in [0.1, 0.15) is 12.5 Å². The maximum Gasteiger partial charge on any atom is 0.124 e. The summed E-state index contributed by atoms with van der Waals surface area (Å²) in [6.45, 7) is 2.13. The van der Waals surface area contributed by atoms with Crippen LogP contribution in [0.3, 0.4) is 0 Å². The van der Waals surface area contributed by atoms with Gasteiger partial charge >= 0.3 is 0 Å². The molecule has 0 bridgehead atoms. The van der Waals surface area contributed by atoms with Crippen molar-refractivity contribution in [1.82, 2.24) is 9.97 Å². The molecular formula is C14H13N3S. The molecule has 0 spiro atoms. The molecule has 0 radical (unpaired) electrons. The van der Waals surface area contributed by atoms with Gasteiger partial charge in [-0.25, -0.2) is 4.98 Å². The highest BCUT2D eigenvalue weighted by Gasteiger charge is 2.07. The number of hydrogen-bond acceptors (Lipinski definition) is 4. The molecule has 18 heavy (non-hydrogen) atoms. The van der Waals surface area contributed by atoms with Gasteiger partial charge in [-0.1, -0.05) is 6.92 Å². The van der Waals surface area contributed by atoms with Crippen molar-refractivity contribution in [3.8, 4) is 10.6 Å². The average molecular weight is 255 g/mol. The van der Waals surface area contributed by atoms with E-state index in [4.69, 9.17) is 5.73 Å². The molecule has 1 aromatic carbocycles. The molecule has 2 aromatic heterocycles. The van der Waals surface area contributed by atoms with Crippen molar-refractivity contribution in [2.75, 3.05) is 5.73 Å². The average Bonchev–Trinajstić information content (AvgIpc) is 2.81. The van der Waals surface area contributed by atoms with Crippen LogP contribution in [0.2, 0.25) is 0 Å². The molecule has 2 N–H and O–H groups in total. The van der Waals surface area contributed by atoms with E-state index in [0.29, 0.717) is 0 Å². The summed E-state index contributed by atoms with van der Waals surface area (Å²) >= 11 is 1.65. The van der Waals surface area contributed by atoms with Crippen molar-refractivity contribution >= 4 is 27.2 Å². The quantitative estimate of drug-likeness (QED) is 0.713. The number of aromatic nitrogens is 2. The second-order valence-corrected chi connectivity index (χ2v) is 5.21. The first-order valence-corrected chi connectivity index (χ1v) is 6.68. The predicted molar refractivity (Wildman–Crippen MR) is 76.6 cm³/mol. The third-order valence-corrected chi connectivity index (χ3v) is 3.92. The standard InChI is InChI=1S/C14H13N3S/c1-2-9-5-10(7-11(15)6-9)14-17-12-3-4-16-8-13(12)18-14/h3-8H,2,15H2,1H3. The third-order valence-electron chi connectivity index (χ3n) is 2.86. The Morgan fingerprint density at radius 2 is 2.17 bits per heavy atom. The van der Waals surface area contributed by atoms with Crippen molar-refractivity contribution in [2.45, 2.75) is 13.3 Å². The summed E-state index contributed by atoms with van der Waals surface area (Å²) in [7, 11) is 0. The van der Waals surface area contributed by atoms with Crippen LogP contribution in [-0.4, -0.2) is 9.97 Å². The highest BCUT2D eigenvalue weighted by Crippen LogP contribution is 2.31. The fraction of sp³-hybridized carbons (Fsp3) is 0.143. The van der Waals surface area contributed by atoms with Crippen molar-refractivity contribution in [3.05, 3.63) is 42.2 Å². The van der Waals surface area contributed by atoms with Crippen LogP contribution >= 0.6 is 11.3 Å². The number of rotatable bonds is 2. The molecule has 0 fully saturated rings. The summed E-state index contributed by atoms with van der Waals surface area (Å²) in [5.41, 5.74) is 10.0. The van der Waals surface area contributed by atoms with Crippen molar-refractivity contribution in [3.63, 3.8) is 0 Å². The Labute approximate surface area is 109 Å². The van der Waals surface area contributed by atoms with Crippen LogP contribution in [0.15, 0.2) is 36.7 Å². The van der Waals surface area contributed by atoms with E-state index in [-0.39, 0.29) is 0 Å². The molecule has 3 aromatic rings. The SMILES string of the molecule is CCc1cc(N)cc(-c2nc3ccncc3s2)c1. The summed E-state index contributed by atoms with van der Waals surface area (Å²) in [6.07, 6.45) is 4.59. The van der Waals surface area contributed by atoms with Gasteiger partial charge in [0.25, 0.3) is 0 Å². The van der Waals surface area contributed by atoms with E-state index < -0.39 is 0 Å². The number of nitrogen functional groups attached to an aromatic ring is 1. The monoisotopic (exact) mass is 255 g/mol. The third kappa shape index (κ3) is 1.95. The number of benzene rings is 1. The highest BCUT2D eigenvalue weighted by atomic mass is 32.1. The first-order valence-electron chi connectivity index (χ1n) is 5.86. The van der Waals surface area contributed by atoms with Crippen LogP contribution in [0.5, 0.6) is 0 Å². The number of hydrogen-bond donors (Lipinski definition) is 1. The van der Waals surface area contributed by atoms with Gasteiger partial charge in [-0.2, -0.15) is 0 Å². The number of aryl methyl sites for hydroxylation is 1. The Balaban J connectivity index is 2.16. The van der Waals surface area contributed by atoms with E-state index >= 15 is 0 Å². The predicted octanol–water partition coefficient (Wildman–Crippen LogP) is 3.50. The summed E-state index contributed by atoms with van der Waals surface area (Å²) in [5.74, 6) is 0. The second-order valence-electron chi connectivity index (χ2n) is 4.18. The zero-order valence-electron chi connectivity index (χ0n) is 10.1. The first-order chi connectivity index (χ1) is 8.76. The Kier molecular flexibility index (Phi) is 2.72.